The molecule has 0 spiro atoms. The third kappa shape index (κ3) is 2.82. The van der Waals surface area contributed by atoms with Crippen molar-refractivity contribution < 1.29 is 9.59 Å². The van der Waals surface area contributed by atoms with E-state index < -0.39 is 6.04 Å². The van der Waals surface area contributed by atoms with Gasteiger partial charge >= 0.3 is 0 Å². The predicted molar refractivity (Wildman–Crippen MR) is 77.4 cm³/mol. The van der Waals surface area contributed by atoms with Gasteiger partial charge in [-0.2, -0.15) is 0 Å². The number of β-lactam (4-membered cyclic amide) rings is 1. The average molecular weight is 275 g/mol. The van der Waals surface area contributed by atoms with E-state index in [2.05, 4.69) is 31.4 Å². The Morgan fingerprint density at radius 1 is 1.30 bits per heavy atom. The van der Waals surface area contributed by atoms with E-state index in [1.807, 2.05) is 12.1 Å². The summed E-state index contributed by atoms with van der Waals surface area (Å²) < 4.78 is 0. The minimum atomic E-state index is -0.519. The van der Waals surface area contributed by atoms with Gasteiger partial charge in [-0.05, 0) is 23.1 Å². The lowest BCUT2D eigenvalue weighted by molar-refractivity contribution is -0.131. The number of carbonyl (C=O) groups is 2. The van der Waals surface area contributed by atoms with Crippen LogP contribution in [0.1, 0.15) is 36.7 Å². The summed E-state index contributed by atoms with van der Waals surface area (Å²) in [4.78, 5) is 23.5. The number of amides is 2. The number of nitrogens with two attached hydrogens (primary N) is 1. The number of nitrogens with one attached hydrogen (secondary N) is 2. The summed E-state index contributed by atoms with van der Waals surface area (Å²) in [5.74, 6) is -0.427. The van der Waals surface area contributed by atoms with E-state index in [-0.39, 0.29) is 23.3 Å². The summed E-state index contributed by atoms with van der Waals surface area (Å²) in [6.07, 6.45) is 0. The normalized spacial score (nSPS) is 21.9. The van der Waals surface area contributed by atoms with E-state index in [9.17, 15) is 9.59 Å². The van der Waals surface area contributed by atoms with Crippen molar-refractivity contribution in [3.05, 3.63) is 35.4 Å². The fourth-order valence-electron chi connectivity index (χ4n) is 2.15. The Balaban J connectivity index is 2.05. The maximum absolute atomic E-state index is 12.1. The molecule has 0 saturated carbocycles. The van der Waals surface area contributed by atoms with Crippen LogP contribution in [0.2, 0.25) is 0 Å². The van der Waals surface area contributed by atoms with E-state index in [1.54, 1.807) is 12.1 Å². The van der Waals surface area contributed by atoms with Crippen LogP contribution in [0, 0.1) is 0 Å². The minimum Gasteiger partial charge on any atom is -0.348 e. The molecule has 5 heteroatoms. The second kappa shape index (κ2) is 5.25. The molecule has 0 aromatic heterocycles. The molecule has 0 radical (unpaired) electrons. The molecule has 20 heavy (non-hydrogen) atoms. The fraction of sp³-hybridized carbons (Fsp3) is 0.467. The molecule has 1 aliphatic heterocycles. The highest BCUT2D eigenvalue weighted by atomic mass is 16.2. The van der Waals surface area contributed by atoms with Crippen LogP contribution >= 0.6 is 0 Å². The van der Waals surface area contributed by atoms with E-state index in [4.69, 9.17) is 5.73 Å². The van der Waals surface area contributed by atoms with Gasteiger partial charge < -0.3 is 16.4 Å². The van der Waals surface area contributed by atoms with Crippen molar-refractivity contribution in [2.45, 2.75) is 38.3 Å². The van der Waals surface area contributed by atoms with Crippen molar-refractivity contribution in [3.63, 3.8) is 0 Å². The quantitative estimate of drug-likeness (QED) is 0.704. The van der Waals surface area contributed by atoms with Crippen LogP contribution < -0.4 is 16.4 Å². The fourth-order valence-corrected chi connectivity index (χ4v) is 2.15. The maximum Gasteiger partial charge on any atom is 0.251 e. The van der Waals surface area contributed by atoms with E-state index >= 15 is 0 Å². The molecule has 0 aliphatic carbocycles. The Hall–Kier alpha value is -1.88. The van der Waals surface area contributed by atoms with E-state index in [1.165, 1.54) is 0 Å². The van der Waals surface area contributed by atoms with Gasteiger partial charge in [0.1, 0.15) is 6.04 Å². The van der Waals surface area contributed by atoms with Gasteiger partial charge in [0.2, 0.25) is 5.91 Å². The lowest BCUT2D eigenvalue weighted by atomic mass is 9.86. The van der Waals surface area contributed by atoms with Crippen molar-refractivity contribution in [2.24, 2.45) is 5.73 Å². The number of hydrogen-bond acceptors (Lipinski definition) is 3. The van der Waals surface area contributed by atoms with Crippen LogP contribution in [0.4, 0.5) is 0 Å². The molecule has 2 amide bonds. The molecular formula is C15H21N3O2. The van der Waals surface area contributed by atoms with Gasteiger partial charge in [0.05, 0.1) is 6.04 Å². The zero-order chi connectivity index (χ0) is 14.9. The molecule has 108 valence electrons. The first-order chi connectivity index (χ1) is 9.32. The summed E-state index contributed by atoms with van der Waals surface area (Å²) in [6.45, 7) is 6.67. The Morgan fingerprint density at radius 2 is 1.90 bits per heavy atom. The molecule has 2 rings (SSSR count). The number of rotatable bonds is 3. The number of hydrogen-bond donors (Lipinski definition) is 3. The van der Waals surface area contributed by atoms with Crippen molar-refractivity contribution in [1.82, 2.24) is 10.6 Å². The van der Waals surface area contributed by atoms with Gasteiger partial charge in [-0.25, -0.2) is 0 Å². The molecule has 1 aliphatic rings. The van der Waals surface area contributed by atoms with Crippen molar-refractivity contribution in [3.8, 4) is 0 Å². The lowest BCUT2D eigenvalue weighted by Crippen LogP contribution is -2.71. The second-order valence-electron chi connectivity index (χ2n) is 6.13. The largest absolute Gasteiger partial charge is 0.348 e. The highest BCUT2D eigenvalue weighted by molar-refractivity contribution is 5.99. The van der Waals surface area contributed by atoms with E-state index in [0.717, 1.165) is 5.56 Å². The van der Waals surface area contributed by atoms with Gasteiger partial charge in [-0.15, -0.1) is 0 Å². The highest BCUT2D eigenvalue weighted by Gasteiger charge is 2.39. The zero-order valence-electron chi connectivity index (χ0n) is 12.1. The summed E-state index contributed by atoms with van der Waals surface area (Å²) >= 11 is 0. The molecule has 1 aromatic rings. The highest BCUT2D eigenvalue weighted by Crippen LogP contribution is 2.22. The van der Waals surface area contributed by atoms with Crippen molar-refractivity contribution in [2.75, 3.05) is 6.54 Å². The molecule has 5 nitrogen and oxygen atoms in total. The molecule has 0 bridgehead atoms. The van der Waals surface area contributed by atoms with E-state index in [0.29, 0.717) is 12.1 Å². The minimum absolute atomic E-state index is 0.0491. The Kier molecular flexibility index (Phi) is 3.81. The third-order valence-corrected chi connectivity index (χ3v) is 3.57. The smallest absolute Gasteiger partial charge is 0.251 e. The monoisotopic (exact) mass is 275 g/mol. The molecule has 1 saturated heterocycles. The first kappa shape index (κ1) is 14.5. The third-order valence-electron chi connectivity index (χ3n) is 3.57. The van der Waals surface area contributed by atoms with Gasteiger partial charge in [0.15, 0.2) is 0 Å². The van der Waals surface area contributed by atoms with Crippen molar-refractivity contribution in [1.29, 1.82) is 0 Å². The molecule has 2 unspecified atom stereocenters. The summed E-state index contributed by atoms with van der Waals surface area (Å²) in [7, 11) is 0. The first-order valence-corrected chi connectivity index (χ1v) is 6.75. The molecule has 2 atom stereocenters. The van der Waals surface area contributed by atoms with Gasteiger partial charge in [0, 0.05) is 12.1 Å². The van der Waals surface area contributed by atoms with Gasteiger partial charge in [-0.3, -0.25) is 9.59 Å². The number of benzene rings is 1. The van der Waals surface area contributed by atoms with Gasteiger partial charge in [-0.1, -0.05) is 32.9 Å². The number of carbonyl (C=O) groups excluding carboxylic acids is 2. The Labute approximate surface area is 118 Å². The second-order valence-corrected chi connectivity index (χ2v) is 6.13. The molecule has 4 N–H and O–H groups in total. The maximum atomic E-state index is 12.1. The molecule has 1 heterocycles. The van der Waals surface area contributed by atoms with Crippen LogP contribution in [-0.2, 0) is 10.2 Å². The Bertz CT molecular complexity index is 517. The van der Waals surface area contributed by atoms with Crippen LogP contribution in [-0.4, -0.2) is 30.4 Å². The SMILES string of the molecule is CC(C)(C)c1ccc(C(=O)NC2C(=O)NC2CN)cc1. The molecule has 1 aromatic carbocycles. The average Bonchev–Trinajstić information content (AvgIpc) is 2.41. The van der Waals surface area contributed by atoms with Crippen molar-refractivity contribution >= 4 is 11.8 Å². The van der Waals surface area contributed by atoms with Crippen LogP contribution in [0.3, 0.4) is 0 Å². The first-order valence-electron chi connectivity index (χ1n) is 6.75. The summed E-state index contributed by atoms with van der Waals surface area (Å²) in [5.41, 5.74) is 7.26. The Morgan fingerprint density at radius 3 is 2.35 bits per heavy atom. The van der Waals surface area contributed by atoms with Crippen LogP contribution in [0.25, 0.3) is 0 Å². The van der Waals surface area contributed by atoms with Gasteiger partial charge in [0.25, 0.3) is 5.91 Å². The molecule has 1 fully saturated rings. The summed E-state index contributed by atoms with van der Waals surface area (Å²) in [5, 5.41) is 5.36. The van der Waals surface area contributed by atoms with Crippen LogP contribution in [0.5, 0.6) is 0 Å². The molecular weight excluding hydrogens is 254 g/mol. The lowest BCUT2D eigenvalue weighted by Gasteiger charge is -2.36. The van der Waals surface area contributed by atoms with Crippen LogP contribution in [0.15, 0.2) is 24.3 Å². The zero-order valence-corrected chi connectivity index (χ0v) is 12.1. The summed E-state index contributed by atoms with van der Waals surface area (Å²) in [6, 6.07) is 6.76. The predicted octanol–water partition coefficient (Wildman–Crippen LogP) is 0.540. The topological polar surface area (TPSA) is 84.2 Å². The standard InChI is InChI=1S/C15H21N3O2/c1-15(2,3)10-6-4-9(5-7-10)13(19)18-12-11(8-16)17-14(12)20/h4-7,11-12H,8,16H2,1-3H3,(H,17,20)(H,18,19).